The number of nitrogens with two attached hydrogens (primary N) is 1. The Morgan fingerprint density at radius 1 is 1.35 bits per heavy atom. The third kappa shape index (κ3) is 7.35. The van der Waals surface area contributed by atoms with Crippen LogP contribution >= 0.6 is 11.8 Å². The molecule has 0 aliphatic heterocycles. The molecule has 0 aromatic heterocycles. The van der Waals surface area contributed by atoms with Gasteiger partial charge in [-0.2, -0.15) is 0 Å². The molecule has 0 fully saturated rings. The topological polar surface area (TPSA) is 136 Å². The van der Waals surface area contributed by atoms with E-state index in [1.165, 1.54) is 43.0 Å². The van der Waals surface area contributed by atoms with Gasteiger partial charge in [0.2, 0.25) is 15.9 Å². The second-order valence-electron chi connectivity index (χ2n) is 4.54. The zero-order valence-electron chi connectivity index (χ0n) is 12.4. The summed E-state index contributed by atoms with van der Waals surface area (Å²) in [5.41, 5.74) is 0. The maximum Gasteiger partial charge on any atom is 0.325 e. The van der Waals surface area contributed by atoms with Gasteiger partial charge in [-0.3, -0.25) is 9.59 Å². The fraction of sp³-hybridized carbons (Fsp3) is 0.385. The van der Waals surface area contributed by atoms with Crippen LogP contribution in [0.2, 0.25) is 0 Å². The van der Waals surface area contributed by atoms with E-state index in [1.54, 1.807) is 0 Å². The molecule has 4 N–H and O–H groups in total. The maximum absolute atomic E-state index is 11.4. The smallest absolute Gasteiger partial charge is 0.325 e. The number of thioether (sulfide) groups is 1. The van der Waals surface area contributed by atoms with E-state index in [2.05, 4.69) is 5.32 Å². The standard InChI is InChI=1S/C13H18N2O6S2/c1-9(13(17)18)15-12(16)8-22-7-6-21-10-2-4-11(5-3-10)23(14,19)20/h2-5,9H,6-8H2,1H3,(H,15,16)(H,17,18)(H2,14,19,20)/t9-/m0/s1. The summed E-state index contributed by atoms with van der Waals surface area (Å²) in [5.74, 6) is -0.309. The monoisotopic (exact) mass is 362 g/mol. The Kier molecular flexibility index (Phi) is 7.33. The normalized spacial score (nSPS) is 12.4. The highest BCUT2D eigenvalue weighted by molar-refractivity contribution is 7.99. The van der Waals surface area contributed by atoms with Gasteiger partial charge in [0.15, 0.2) is 0 Å². The van der Waals surface area contributed by atoms with Crippen LogP contribution in [0.15, 0.2) is 29.2 Å². The van der Waals surface area contributed by atoms with Crippen LogP contribution in [-0.2, 0) is 19.6 Å². The Morgan fingerprint density at radius 2 is 1.96 bits per heavy atom. The van der Waals surface area contributed by atoms with Crippen LogP contribution in [-0.4, -0.2) is 49.6 Å². The summed E-state index contributed by atoms with van der Waals surface area (Å²) in [4.78, 5) is 22.0. The third-order valence-electron chi connectivity index (χ3n) is 2.63. The number of amides is 1. The van der Waals surface area contributed by atoms with E-state index in [-0.39, 0.29) is 16.6 Å². The van der Waals surface area contributed by atoms with E-state index in [1.807, 2.05) is 0 Å². The first-order valence-corrected chi connectivity index (χ1v) is 9.26. The number of aliphatic carboxylic acids is 1. The number of hydrogen-bond donors (Lipinski definition) is 3. The highest BCUT2D eigenvalue weighted by Gasteiger charge is 2.13. The molecule has 10 heteroatoms. The molecule has 0 bridgehead atoms. The molecule has 8 nitrogen and oxygen atoms in total. The minimum Gasteiger partial charge on any atom is -0.493 e. The molecule has 0 aliphatic carbocycles. The number of rotatable bonds is 9. The van der Waals surface area contributed by atoms with Crippen LogP contribution in [0.25, 0.3) is 0 Å². The van der Waals surface area contributed by atoms with Crippen molar-refractivity contribution in [3.05, 3.63) is 24.3 Å². The predicted molar refractivity (Wildman–Crippen MR) is 85.9 cm³/mol. The van der Waals surface area contributed by atoms with Crippen molar-refractivity contribution in [1.29, 1.82) is 0 Å². The van der Waals surface area contributed by atoms with Crippen LogP contribution in [0.4, 0.5) is 0 Å². The zero-order chi connectivity index (χ0) is 17.5. The Bertz CT molecular complexity index is 645. The van der Waals surface area contributed by atoms with Crippen molar-refractivity contribution in [3.63, 3.8) is 0 Å². The van der Waals surface area contributed by atoms with Crippen molar-refractivity contribution < 1.29 is 27.9 Å². The van der Waals surface area contributed by atoms with Crippen LogP contribution in [0.3, 0.4) is 0 Å². The van der Waals surface area contributed by atoms with Gasteiger partial charge in [0.25, 0.3) is 0 Å². The molecule has 0 heterocycles. The molecule has 23 heavy (non-hydrogen) atoms. The molecule has 0 saturated carbocycles. The fourth-order valence-electron chi connectivity index (χ4n) is 1.45. The molecule has 0 spiro atoms. The van der Waals surface area contributed by atoms with Crippen LogP contribution < -0.4 is 15.2 Å². The molecule has 1 aromatic carbocycles. The lowest BCUT2D eigenvalue weighted by atomic mass is 10.3. The second-order valence-corrected chi connectivity index (χ2v) is 7.21. The highest BCUT2D eigenvalue weighted by atomic mass is 32.2. The van der Waals surface area contributed by atoms with Gasteiger partial charge in [0.1, 0.15) is 11.8 Å². The summed E-state index contributed by atoms with van der Waals surface area (Å²) in [7, 11) is -3.72. The lowest BCUT2D eigenvalue weighted by molar-refractivity contribution is -0.140. The van der Waals surface area contributed by atoms with E-state index < -0.39 is 22.0 Å². The number of nitrogens with one attached hydrogen (secondary N) is 1. The summed E-state index contributed by atoms with van der Waals surface area (Å²) >= 11 is 1.30. The van der Waals surface area contributed by atoms with Crippen molar-refractivity contribution >= 4 is 33.7 Å². The average molecular weight is 362 g/mol. The van der Waals surface area contributed by atoms with E-state index in [4.69, 9.17) is 15.0 Å². The SMILES string of the molecule is C[C@H](NC(=O)CSCCOc1ccc(S(N)(=O)=O)cc1)C(=O)O. The molecule has 0 radical (unpaired) electrons. The molecular formula is C13H18N2O6S2. The number of carboxylic acid groups (broad SMARTS) is 1. The summed E-state index contributed by atoms with van der Waals surface area (Å²) in [6.45, 7) is 1.71. The zero-order valence-corrected chi connectivity index (χ0v) is 14.0. The molecule has 128 valence electrons. The van der Waals surface area contributed by atoms with E-state index >= 15 is 0 Å². The first kappa shape index (κ1) is 19.3. The number of hydrogen-bond acceptors (Lipinski definition) is 6. The summed E-state index contributed by atoms with van der Waals surface area (Å²) < 4.78 is 27.6. The number of primary sulfonamides is 1. The quantitative estimate of drug-likeness (QED) is 0.527. The van der Waals surface area contributed by atoms with Gasteiger partial charge in [-0.1, -0.05) is 0 Å². The largest absolute Gasteiger partial charge is 0.493 e. The van der Waals surface area contributed by atoms with Gasteiger partial charge < -0.3 is 15.2 Å². The molecule has 1 atom stereocenters. The Hall–Kier alpha value is -1.78. The van der Waals surface area contributed by atoms with Crippen LogP contribution in [0.1, 0.15) is 6.92 Å². The lowest BCUT2D eigenvalue weighted by Gasteiger charge is -2.09. The van der Waals surface area contributed by atoms with Crippen molar-refractivity contribution in [3.8, 4) is 5.75 Å². The first-order chi connectivity index (χ1) is 10.7. The minimum atomic E-state index is -3.72. The lowest BCUT2D eigenvalue weighted by Crippen LogP contribution is -2.39. The molecule has 0 saturated heterocycles. The van der Waals surface area contributed by atoms with E-state index in [0.29, 0.717) is 18.1 Å². The van der Waals surface area contributed by atoms with Crippen molar-refractivity contribution in [2.75, 3.05) is 18.1 Å². The summed E-state index contributed by atoms with van der Waals surface area (Å²) in [6.07, 6.45) is 0. The van der Waals surface area contributed by atoms with Crippen molar-refractivity contribution in [2.24, 2.45) is 5.14 Å². The number of carboxylic acids is 1. The Balaban J connectivity index is 2.25. The van der Waals surface area contributed by atoms with Gasteiger partial charge in [0.05, 0.1) is 17.3 Å². The minimum absolute atomic E-state index is 0.00319. The number of ether oxygens (including phenoxy) is 1. The van der Waals surface area contributed by atoms with Crippen molar-refractivity contribution in [1.82, 2.24) is 5.32 Å². The van der Waals surface area contributed by atoms with Gasteiger partial charge in [-0.25, -0.2) is 13.6 Å². The molecule has 0 unspecified atom stereocenters. The van der Waals surface area contributed by atoms with Gasteiger partial charge in [-0.15, -0.1) is 11.8 Å². The number of sulfonamides is 1. The van der Waals surface area contributed by atoms with Crippen molar-refractivity contribution in [2.45, 2.75) is 17.9 Å². The summed E-state index contributed by atoms with van der Waals surface area (Å²) in [6, 6.07) is 4.76. The van der Waals surface area contributed by atoms with Crippen LogP contribution in [0.5, 0.6) is 5.75 Å². The Morgan fingerprint density at radius 3 is 2.48 bits per heavy atom. The molecule has 1 amide bonds. The third-order valence-corrected chi connectivity index (χ3v) is 4.48. The summed E-state index contributed by atoms with van der Waals surface area (Å²) in [5, 5.41) is 16.0. The fourth-order valence-corrected chi connectivity index (χ4v) is 2.58. The van der Waals surface area contributed by atoms with Gasteiger partial charge in [0, 0.05) is 5.75 Å². The van der Waals surface area contributed by atoms with Gasteiger partial charge >= 0.3 is 5.97 Å². The Labute approximate surface area is 138 Å². The molecular weight excluding hydrogens is 344 g/mol. The van der Waals surface area contributed by atoms with E-state index in [9.17, 15) is 18.0 Å². The van der Waals surface area contributed by atoms with E-state index in [0.717, 1.165) is 0 Å². The number of carbonyl (C=O) groups excluding carboxylic acids is 1. The molecule has 0 aliphatic rings. The average Bonchev–Trinajstić information content (AvgIpc) is 2.46. The van der Waals surface area contributed by atoms with Crippen LogP contribution in [0, 0.1) is 0 Å². The second kappa shape index (κ2) is 8.75. The predicted octanol–water partition coefficient (Wildman–Crippen LogP) is 0.0353. The first-order valence-electron chi connectivity index (χ1n) is 6.55. The highest BCUT2D eigenvalue weighted by Crippen LogP contribution is 2.15. The molecule has 1 aromatic rings. The maximum atomic E-state index is 11.4. The number of benzene rings is 1. The number of carbonyl (C=O) groups is 2. The molecule has 1 rings (SSSR count). The van der Waals surface area contributed by atoms with Gasteiger partial charge in [-0.05, 0) is 31.2 Å².